The molecule has 21 heavy (non-hydrogen) atoms. The molecule has 0 amide bonds. The Hall–Kier alpha value is -1.42. The first-order valence-electron chi connectivity index (χ1n) is 6.65. The Kier molecular flexibility index (Phi) is 4.24. The number of rotatable bonds is 3. The van der Waals surface area contributed by atoms with Gasteiger partial charge in [-0.15, -0.1) is 0 Å². The maximum Gasteiger partial charge on any atom is 0.161 e. The third-order valence-electron chi connectivity index (χ3n) is 3.41. The van der Waals surface area contributed by atoms with Crippen molar-refractivity contribution in [3.63, 3.8) is 0 Å². The molecule has 3 rings (SSSR count). The van der Waals surface area contributed by atoms with Crippen LogP contribution in [0, 0.1) is 0 Å². The number of benzene rings is 2. The van der Waals surface area contributed by atoms with Crippen LogP contribution in [0.25, 0.3) is 0 Å². The highest BCUT2D eigenvalue weighted by atomic mass is 35.5. The van der Waals surface area contributed by atoms with Gasteiger partial charge in [0.2, 0.25) is 0 Å². The van der Waals surface area contributed by atoms with E-state index < -0.39 is 6.10 Å². The van der Waals surface area contributed by atoms with E-state index >= 15 is 0 Å². The number of ether oxygens (including phenoxy) is 2. The number of hydrogen-bond donors (Lipinski definition) is 1. The summed E-state index contributed by atoms with van der Waals surface area (Å²) in [5.41, 5.74) is 1.48. The molecule has 0 saturated carbocycles. The predicted octanol–water partition coefficient (Wildman–Crippen LogP) is 4.04. The van der Waals surface area contributed by atoms with E-state index in [1.807, 2.05) is 6.07 Å². The first-order valence-corrected chi connectivity index (χ1v) is 7.41. The molecular formula is C16H14Cl2O3. The fourth-order valence-corrected chi connectivity index (χ4v) is 2.86. The van der Waals surface area contributed by atoms with E-state index in [-0.39, 0.29) is 0 Å². The molecule has 1 atom stereocenters. The summed E-state index contributed by atoms with van der Waals surface area (Å²) in [6.07, 6.45) is -0.365. The standard InChI is InChI=1S/C16H14Cl2O3/c17-12-2-1-3-13(18)11(12)9-14(19)10-4-5-15-16(8-10)21-7-6-20-15/h1-5,8,14,19H,6-7,9H2. The summed E-state index contributed by atoms with van der Waals surface area (Å²) in [5, 5.41) is 11.5. The molecule has 5 heteroatoms. The molecule has 0 aliphatic carbocycles. The second-order valence-electron chi connectivity index (χ2n) is 4.82. The minimum atomic E-state index is -0.710. The number of aliphatic hydroxyl groups is 1. The van der Waals surface area contributed by atoms with Gasteiger partial charge in [0, 0.05) is 16.5 Å². The van der Waals surface area contributed by atoms with Gasteiger partial charge in [0.1, 0.15) is 13.2 Å². The molecule has 0 spiro atoms. The second-order valence-corrected chi connectivity index (χ2v) is 5.64. The fourth-order valence-electron chi connectivity index (χ4n) is 2.31. The summed E-state index contributed by atoms with van der Waals surface area (Å²) in [6, 6.07) is 10.7. The van der Waals surface area contributed by atoms with Gasteiger partial charge < -0.3 is 14.6 Å². The molecule has 1 unspecified atom stereocenters. The minimum Gasteiger partial charge on any atom is -0.486 e. The van der Waals surface area contributed by atoms with Crippen LogP contribution in [-0.4, -0.2) is 18.3 Å². The topological polar surface area (TPSA) is 38.7 Å². The van der Waals surface area contributed by atoms with Crippen LogP contribution in [-0.2, 0) is 6.42 Å². The maximum atomic E-state index is 10.4. The van der Waals surface area contributed by atoms with Crippen LogP contribution < -0.4 is 9.47 Å². The Morgan fingerprint density at radius 1 is 1.00 bits per heavy atom. The molecule has 0 saturated heterocycles. The van der Waals surface area contributed by atoms with Crippen molar-refractivity contribution in [2.24, 2.45) is 0 Å². The van der Waals surface area contributed by atoms with Crippen molar-refractivity contribution >= 4 is 23.2 Å². The molecule has 2 aromatic carbocycles. The summed E-state index contributed by atoms with van der Waals surface area (Å²) >= 11 is 12.3. The van der Waals surface area contributed by atoms with Crippen LogP contribution in [0.2, 0.25) is 10.0 Å². The molecular weight excluding hydrogens is 311 g/mol. The van der Waals surface area contributed by atoms with Gasteiger partial charge in [-0.05, 0) is 35.4 Å². The molecule has 1 N–H and O–H groups in total. The SMILES string of the molecule is OC(Cc1c(Cl)cccc1Cl)c1ccc2c(c1)OCCO2. The van der Waals surface area contributed by atoms with Crippen molar-refractivity contribution in [2.45, 2.75) is 12.5 Å². The largest absolute Gasteiger partial charge is 0.486 e. The highest BCUT2D eigenvalue weighted by Gasteiger charge is 2.17. The highest BCUT2D eigenvalue weighted by molar-refractivity contribution is 6.36. The van der Waals surface area contributed by atoms with Crippen LogP contribution in [0.3, 0.4) is 0 Å². The number of fused-ring (bicyclic) bond motifs is 1. The van der Waals surface area contributed by atoms with Gasteiger partial charge in [-0.1, -0.05) is 35.3 Å². The lowest BCUT2D eigenvalue weighted by Gasteiger charge is -2.20. The first kappa shape index (κ1) is 14.5. The van der Waals surface area contributed by atoms with Crippen molar-refractivity contribution in [1.29, 1.82) is 0 Å². The van der Waals surface area contributed by atoms with Gasteiger partial charge in [-0.3, -0.25) is 0 Å². The van der Waals surface area contributed by atoms with Gasteiger partial charge in [-0.25, -0.2) is 0 Å². The van der Waals surface area contributed by atoms with Gasteiger partial charge in [0.15, 0.2) is 11.5 Å². The molecule has 3 nitrogen and oxygen atoms in total. The van der Waals surface area contributed by atoms with E-state index in [1.54, 1.807) is 30.3 Å². The summed E-state index contributed by atoms with van der Waals surface area (Å²) < 4.78 is 11.0. The third-order valence-corrected chi connectivity index (χ3v) is 4.12. The predicted molar refractivity (Wildman–Crippen MR) is 82.6 cm³/mol. The smallest absolute Gasteiger partial charge is 0.161 e. The fraction of sp³-hybridized carbons (Fsp3) is 0.250. The van der Waals surface area contributed by atoms with Gasteiger partial charge in [0.05, 0.1) is 6.10 Å². The van der Waals surface area contributed by atoms with E-state index in [4.69, 9.17) is 32.7 Å². The molecule has 1 aliphatic heterocycles. The molecule has 0 bridgehead atoms. The third kappa shape index (κ3) is 3.10. The Labute approximate surface area is 133 Å². The molecule has 1 aliphatic rings. The Bertz CT molecular complexity index is 638. The van der Waals surface area contributed by atoms with E-state index in [9.17, 15) is 5.11 Å². The molecule has 2 aromatic rings. The number of aliphatic hydroxyl groups excluding tert-OH is 1. The first-order chi connectivity index (χ1) is 10.1. The zero-order chi connectivity index (χ0) is 14.8. The number of hydrogen-bond acceptors (Lipinski definition) is 3. The minimum absolute atomic E-state index is 0.345. The van der Waals surface area contributed by atoms with E-state index in [0.717, 1.165) is 11.1 Å². The monoisotopic (exact) mass is 324 g/mol. The molecule has 1 heterocycles. The van der Waals surface area contributed by atoms with Gasteiger partial charge >= 0.3 is 0 Å². The maximum absolute atomic E-state index is 10.4. The molecule has 0 fully saturated rings. The van der Waals surface area contributed by atoms with Crippen molar-refractivity contribution in [3.05, 3.63) is 57.6 Å². The Morgan fingerprint density at radius 3 is 2.38 bits per heavy atom. The molecule has 0 radical (unpaired) electrons. The lowest BCUT2D eigenvalue weighted by molar-refractivity contribution is 0.164. The molecule has 0 aromatic heterocycles. The van der Waals surface area contributed by atoms with Crippen molar-refractivity contribution in [2.75, 3.05) is 13.2 Å². The van der Waals surface area contributed by atoms with Crippen molar-refractivity contribution < 1.29 is 14.6 Å². The van der Waals surface area contributed by atoms with E-state index in [1.165, 1.54) is 0 Å². The number of halogens is 2. The van der Waals surface area contributed by atoms with Crippen LogP contribution in [0.4, 0.5) is 0 Å². The van der Waals surface area contributed by atoms with Crippen LogP contribution in [0.1, 0.15) is 17.2 Å². The Balaban J connectivity index is 1.84. The quantitative estimate of drug-likeness (QED) is 0.926. The molecule has 110 valence electrons. The summed E-state index contributed by atoms with van der Waals surface area (Å²) in [6.45, 7) is 1.06. The second kappa shape index (κ2) is 6.14. The van der Waals surface area contributed by atoms with Crippen LogP contribution in [0.15, 0.2) is 36.4 Å². The van der Waals surface area contributed by atoms with Crippen LogP contribution >= 0.6 is 23.2 Å². The highest BCUT2D eigenvalue weighted by Crippen LogP contribution is 2.35. The van der Waals surface area contributed by atoms with E-state index in [0.29, 0.717) is 41.2 Å². The Morgan fingerprint density at radius 2 is 1.67 bits per heavy atom. The van der Waals surface area contributed by atoms with Crippen molar-refractivity contribution in [3.8, 4) is 11.5 Å². The normalized spacial score (nSPS) is 14.8. The average Bonchev–Trinajstić information content (AvgIpc) is 2.50. The summed E-state index contributed by atoms with van der Waals surface area (Å²) in [4.78, 5) is 0. The lowest BCUT2D eigenvalue weighted by atomic mass is 10.0. The summed E-state index contributed by atoms with van der Waals surface area (Å²) in [7, 11) is 0. The van der Waals surface area contributed by atoms with Gasteiger partial charge in [-0.2, -0.15) is 0 Å². The van der Waals surface area contributed by atoms with E-state index in [2.05, 4.69) is 0 Å². The van der Waals surface area contributed by atoms with Crippen molar-refractivity contribution in [1.82, 2.24) is 0 Å². The van der Waals surface area contributed by atoms with Crippen LogP contribution in [0.5, 0.6) is 11.5 Å². The lowest BCUT2D eigenvalue weighted by Crippen LogP contribution is -2.15. The zero-order valence-corrected chi connectivity index (χ0v) is 12.7. The average molecular weight is 325 g/mol. The summed E-state index contributed by atoms with van der Waals surface area (Å²) in [5.74, 6) is 1.36. The van der Waals surface area contributed by atoms with Gasteiger partial charge in [0.25, 0.3) is 0 Å². The zero-order valence-electron chi connectivity index (χ0n) is 11.2.